The van der Waals surface area contributed by atoms with Gasteiger partial charge in [-0.2, -0.15) is 0 Å². The predicted octanol–water partition coefficient (Wildman–Crippen LogP) is 7.89. The van der Waals surface area contributed by atoms with Crippen LogP contribution in [-0.4, -0.2) is 37.9 Å². The van der Waals surface area contributed by atoms with Crippen LogP contribution in [0, 0.1) is 6.92 Å². The summed E-state index contributed by atoms with van der Waals surface area (Å²) >= 11 is 1.64. The maximum absolute atomic E-state index is 11.4. The Morgan fingerprint density at radius 1 is 0.979 bits per heavy atom. The zero-order chi connectivity index (χ0) is 32.8. The summed E-state index contributed by atoms with van der Waals surface area (Å²) < 4.78 is 25.5. The number of carboxylic acid groups (broad SMARTS) is 1. The Balaban J connectivity index is 1.16. The molecule has 3 heterocycles. The number of aryl methyl sites for hydroxylation is 2. The summed E-state index contributed by atoms with van der Waals surface area (Å²) in [5.41, 5.74) is 4.83. The molecule has 47 heavy (non-hydrogen) atoms. The molecule has 0 atom stereocenters. The van der Waals surface area contributed by atoms with Crippen LogP contribution >= 0.6 is 11.3 Å². The van der Waals surface area contributed by atoms with Crippen LogP contribution in [0.5, 0.6) is 17.4 Å². The van der Waals surface area contributed by atoms with Crippen LogP contribution < -0.4 is 14.2 Å². The second-order valence-electron chi connectivity index (χ2n) is 10.5. The summed E-state index contributed by atoms with van der Waals surface area (Å²) in [5.74, 6) is 1.43. The van der Waals surface area contributed by atoms with Crippen molar-refractivity contribution in [2.45, 2.75) is 33.5 Å². The van der Waals surface area contributed by atoms with Gasteiger partial charge in [0.05, 0.1) is 34.6 Å². The molecule has 0 unspecified atom stereocenters. The minimum atomic E-state index is -1.02. The van der Waals surface area contributed by atoms with Gasteiger partial charge in [0.15, 0.2) is 11.5 Å². The van der Waals surface area contributed by atoms with Crippen molar-refractivity contribution < 1.29 is 28.5 Å². The Bertz CT molecular complexity index is 2030. The lowest BCUT2D eigenvalue weighted by Crippen LogP contribution is -2.02. The van der Waals surface area contributed by atoms with E-state index in [0.29, 0.717) is 40.3 Å². The van der Waals surface area contributed by atoms with E-state index in [9.17, 15) is 9.90 Å². The average molecular weight is 649 g/mol. The van der Waals surface area contributed by atoms with Gasteiger partial charge in [0.25, 0.3) is 0 Å². The van der Waals surface area contributed by atoms with Gasteiger partial charge in [-0.1, -0.05) is 37.3 Å². The van der Waals surface area contributed by atoms with Crippen molar-refractivity contribution in [3.63, 3.8) is 0 Å². The smallest absolute Gasteiger partial charge is 0.335 e. The molecule has 0 aliphatic heterocycles. The van der Waals surface area contributed by atoms with Crippen molar-refractivity contribution >= 4 is 29.5 Å². The molecule has 0 fully saturated rings. The summed E-state index contributed by atoms with van der Waals surface area (Å²) in [6.45, 7) is 4.26. The van der Waals surface area contributed by atoms with Crippen LogP contribution in [0.2, 0.25) is 0 Å². The van der Waals surface area contributed by atoms with Crippen LogP contribution in [0.4, 0.5) is 0 Å². The van der Waals surface area contributed by atoms with Gasteiger partial charge in [-0.15, -0.1) is 16.4 Å². The monoisotopic (exact) mass is 648 g/mol. The average Bonchev–Trinajstić information content (AvgIpc) is 3.84. The van der Waals surface area contributed by atoms with Crippen molar-refractivity contribution in [1.29, 1.82) is 0 Å². The molecule has 11 heteroatoms. The number of rotatable bonds is 13. The SMILES string of the molecule is CCc1nc(C=Cc2cn(-c3ccccc3)nc2OCc2ccc(OCc3nc(-c4cccc(C(=O)O)c4)oc3C)c(OC)c2)cs1. The number of para-hydroxylation sites is 1. The zero-order valence-corrected chi connectivity index (χ0v) is 26.9. The number of benzene rings is 3. The van der Waals surface area contributed by atoms with Gasteiger partial charge in [-0.3, -0.25) is 0 Å². The third-order valence-corrected chi connectivity index (χ3v) is 8.26. The standard InChI is InChI=1S/C36H32N4O6S/c1-4-33-37-28(22-47-33)15-14-27-19-40(29-11-6-5-7-12-29)39-35(27)45-20-24-13-16-31(32(17-24)43-3)44-21-30-23(2)46-34(38-30)25-9-8-10-26(18-25)36(41)42/h5-19,22H,4,20-21H2,1-3H3,(H,41,42). The first-order valence-electron chi connectivity index (χ1n) is 14.9. The topological polar surface area (TPSA) is 122 Å². The first-order valence-corrected chi connectivity index (χ1v) is 15.8. The molecule has 6 rings (SSSR count). The van der Waals surface area contributed by atoms with Gasteiger partial charge >= 0.3 is 5.97 Å². The third-order valence-electron chi connectivity index (χ3n) is 7.25. The number of ether oxygens (including phenoxy) is 3. The summed E-state index contributed by atoms with van der Waals surface area (Å²) in [6, 6.07) is 21.9. The van der Waals surface area contributed by atoms with Crippen LogP contribution in [0.15, 0.2) is 88.8 Å². The van der Waals surface area contributed by atoms with E-state index in [0.717, 1.165) is 33.9 Å². The van der Waals surface area contributed by atoms with Crippen molar-refractivity contribution in [1.82, 2.24) is 19.7 Å². The maximum atomic E-state index is 11.4. The number of hydrogen-bond acceptors (Lipinski definition) is 9. The summed E-state index contributed by atoms with van der Waals surface area (Å²) in [7, 11) is 1.58. The van der Waals surface area contributed by atoms with E-state index in [2.05, 4.69) is 16.9 Å². The van der Waals surface area contributed by atoms with Crippen molar-refractivity contribution in [2.24, 2.45) is 0 Å². The van der Waals surface area contributed by atoms with E-state index in [1.807, 2.05) is 72.3 Å². The molecule has 0 bridgehead atoms. The molecule has 10 nitrogen and oxygen atoms in total. The number of oxazole rings is 1. The molecular formula is C36H32N4O6S. The molecule has 0 aliphatic rings. The van der Waals surface area contributed by atoms with E-state index in [1.165, 1.54) is 12.1 Å². The Hall–Kier alpha value is -5.68. The quantitative estimate of drug-likeness (QED) is 0.133. The Morgan fingerprint density at radius 3 is 2.60 bits per heavy atom. The number of methoxy groups -OCH3 is 1. The molecule has 1 N–H and O–H groups in total. The molecule has 238 valence electrons. The highest BCUT2D eigenvalue weighted by Gasteiger charge is 2.16. The fourth-order valence-electron chi connectivity index (χ4n) is 4.74. The minimum Gasteiger partial charge on any atom is -0.493 e. The Kier molecular flexibility index (Phi) is 9.44. The van der Waals surface area contributed by atoms with Crippen LogP contribution in [-0.2, 0) is 19.6 Å². The van der Waals surface area contributed by atoms with E-state index in [-0.39, 0.29) is 18.8 Å². The number of carbonyl (C=O) groups is 1. The number of hydrogen-bond donors (Lipinski definition) is 1. The second kappa shape index (κ2) is 14.2. The van der Waals surface area contributed by atoms with Gasteiger partial charge in [0.1, 0.15) is 24.7 Å². The number of carboxylic acids is 1. The first kappa shape index (κ1) is 31.3. The minimum absolute atomic E-state index is 0.130. The van der Waals surface area contributed by atoms with Crippen molar-refractivity contribution in [2.75, 3.05) is 7.11 Å². The molecule has 0 saturated carbocycles. The molecule has 0 radical (unpaired) electrons. The third kappa shape index (κ3) is 7.42. The highest BCUT2D eigenvalue weighted by molar-refractivity contribution is 7.09. The lowest BCUT2D eigenvalue weighted by atomic mass is 10.1. The number of nitrogens with zero attached hydrogens (tertiary/aromatic N) is 4. The lowest BCUT2D eigenvalue weighted by Gasteiger charge is -2.12. The highest BCUT2D eigenvalue weighted by Crippen LogP contribution is 2.31. The molecule has 0 saturated heterocycles. The number of aromatic carboxylic acids is 1. The van der Waals surface area contributed by atoms with Crippen molar-refractivity contribution in [3.8, 4) is 34.5 Å². The molecule has 0 aliphatic carbocycles. The fourth-order valence-corrected chi connectivity index (χ4v) is 5.45. The van der Waals surface area contributed by atoms with Gasteiger partial charge in [-0.05, 0) is 73.5 Å². The summed E-state index contributed by atoms with van der Waals surface area (Å²) in [6.07, 6.45) is 6.77. The molecular weight excluding hydrogens is 616 g/mol. The van der Waals surface area contributed by atoms with Gasteiger partial charge in [0.2, 0.25) is 11.8 Å². The molecule has 3 aromatic carbocycles. The van der Waals surface area contributed by atoms with Crippen LogP contribution in [0.1, 0.15) is 50.6 Å². The van der Waals surface area contributed by atoms with Crippen LogP contribution in [0.25, 0.3) is 29.3 Å². The molecule has 6 aromatic rings. The highest BCUT2D eigenvalue weighted by atomic mass is 32.1. The molecule has 3 aromatic heterocycles. The molecule has 0 amide bonds. The van der Waals surface area contributed by atoms with E-state index < -0.39 is 5.97 Å². The Morgan fingerprint density at radius 2 is 1.83 bits per heavy atom. The van der Waals surface area contributed by atoms with E-state index in [1.54, 1.807) is 42.2 Å². The number of aromatic nitrogens is 4. The van der Waals surface area contributed by atoms with Gasteiger partial charge < -0.3 is 23.7 Å². The predicted molar refractivity (Wildman–Crippen MR) is 179 cm³/mol. The molecule has 0 spiro atoms. The normalized spacial score (nSPS) is 11.2. The van der Waals surface area contributed by atoms with Gasteiger partial charge in [-0.25, -0.2) is 19.4 Å². The lowest BCUT2D eigenvalue weighted by molar-refractivity contribution is 0.0697. The zero-order valence-electron chi connectivity index (χ0n) is 26.0. The second-order valence-corrected chi connectivity index (χ2v) is 11.4. The van der Waals surface area contributed by atoms with E-state index >= 15 is 0 Å². The Labute approximate surface area is 275 Å². The fraction of sp³-hybridized carbons (Fsp3) is 0.167. The van der Waals surface area contributed by atoms with E-state index in [4.69, 9.17) is 23.7 Å². The van der Waals surface area contributed by atoms with Gasteiger partial charge in [0, 0.05) is 17.1 Å². The summed E-state index contributed by atoms with van der Waals surface area (Å²) in [4.78, 5) is 20.5. The first-order chi connectivity index (χ1) is 22.9. The largest absolute Gasteiger partial charge is 0.493 e. The van der Waals surface area contributed by atoms with Crippen LogP contribution in [0.3, 0.4) is 0 Å². The van der Waals surface area contributed by atoms with Crippen molar-refractivity contribution in [3.05, 3.63) is 123 Å². The number of thiazole rings is 1. The maximum Gasteiger partial charge on any atom is 0.335 e. The summed E-state index contributed by atoms with van der Waals surface area (Å²) in [5, 5.41) is 17.2.